The van der Waals surface area contributed by atoms with E-state index in [1.165, 1.54) is 6.08 Å². The van der Waals surface area contributed by atoms with E-state index in [0.717, 1.165) is 28.2 Å². The molecule has 0 bridgehead atoms. The van der Waals surface area contributed by atoms with Crippen LogP contribution in [0.15, 0.2) is 48.5 Å². The second-order valence-electron chi connectivity index (χ2n) is 5.47. The molecule has 0 fully saturated rings. The second-order valence-corrected chi connectivity index (χ2v) is 5.91. The van der Waals surface area contributed by atoms with Crippen molar-refractivity contribution in [3.63, 3.8) is 0 Å². The number of hydrogen-bond acceptors (Lipinski definition) is 4. The molecule has 0 unspecified atom stereocenters. The summed E-state index contributed by atoms with van der Waals surface area (Å²) in [5.41, 5.74) is 12.9. The maximum Gasteiger partial charge on any atom is 0.262 e. The Kier molecular flexibility index (Phi) is 6.99. The minimum absolute atomic E-state index is 0.000511. The van der Waals surface area contributed by atoms with Crippen molar-refractivity contribution in [1.82, 2.24) is 10.9 Å². The van der Waals surface area contributed by atoms with Gasteiger partial charge in [0.1, 0.15) is 18.1 Å². The quantitative estimate of drug-likeness (QED) is 0.411. The lowest BCUT2D eigenvalue weighted by atomic mass is 10.1. The first-order valence-corrected chi connectivity index (χ1v) is 8.28. The first-order valence-electron chi connectivity index (χ1n) is 7.88. The van der Waals surface area contributed by atoms with Crippen LogP contribution >= 0.6 is 12.2 Å². The molecule has 2 aromatic rings. The highest BCUT2D eigenvalue weighted by atomic mass is 32.1. The van der Waals surface area contributed by atoms with Gasteiger partial charge in [0.05, 0.1) is 7.11 Å². The van der Waals surface area contributed by atoms with Gasteiger partial charge in [-0.15, -0.1) is 0 Å². The summed E-state index contributed by atoms with van der Waals surface area (Å²) < 4.78 is 11.1. The van der Waals surface area contributed by atoms with E-state index in [1.807, 2.05) is 49.4 Å². The molecule has 0 aromatic heterocycles. The van der Waals surface area contributed by atoms with Gasteiger partial charge in [-0.2, -0.15) is 0 Å². The fourth-order valence-electron chi connectivity index (χ4n) is 2.13. The van der Waals surface area contributed by atoms with Gasteiger partial charge in [0, 0.05) is 6.08 Å². The predicted octanol–water partition coefficient (Wildman–Crippen LogP) is 2.46. The van der Waals surface area contributed by atoms with Crippen molar-refractivity contribution < 1.29 is 14.3 Å². The number of carbonyl (C=O) groups excluding carboxylic acids is 1. The standard InChI is InChI=1S/C19H21N3O3S/c1-13-3-4-15(11-17(13)24-2)12-25-16-8-5-14(6-9-16)7-10-18(23)21-22-19(20)26/h3-11H,12H2,1-2H3,(H,21,23)(H3,20,22,26)/b10-7+. The van der Waals surface area contributed by atoms with Crippen LogP contribution in [0.25, 0.3) is 6.08 Å². The lowest BCUT2D eigenvalue weighted by Crippen LogP contribution is -2.43. The molecule has 0 atom stereocenters. The lowest BCUT2D eigenvalue weighted by molar-refractivity contribution is -0.116. The summed E-state index contributed by atoms with van der Waals surface area (Å²) in [5, 5.41) is -0.000511. The first kappa shape index (κ1) is 19.3. The number of rotatable bonds is 6. The summed E-state index contributed by atoms with van der Waals surface area (Å²) in [4.78, 5) is 11.5. The summed E-state index contributed by atoms with van der Waals surface area (Å²) in [6.45, 7) is 2.44. The SMILES string of the molecule is COc1cc(COc2ccc(/C=C/C(=O)NNC(N)=S)cc2)ccc1C. The van der Waals surface area contributed by atoms with Gasteiger partial charge < -0.3 is 15.2 Å². The van der Waals surface area contributed by atoms with Crippen LogP contribution in [0.1, 0.15) is 16.7 Å². The number of hydrogen-bond donors (Lipinski definition) is 3. The maximum atomic E-state index is 11.5. The van der Waals surface area contributed by atoms with E-state index in [4.69, 9.17) is 15.2 Å². The third-order valence-corrected chi connectivity index (χ3v) is 3.60. The molecule has 0 aliphatic heterocycles. The number of ether oxygens (including phenoxy) is 2. The zero-order valence-electron chi connectivity index (χ0n) is 14.6. The number of amides is 1. The van der Waals surface area contributed by atoms with Crippen LogP contribution in [-0.4, -0.2) is 18.1 Å². The lowest BCUT2D eigenvalue weighted by Gasteiger charge is -2.09. The highest BCUT2D eigenvalue weighted by Gasteiger charge is 2.02. The second kappa shape index (κ2) is 9.43. The third kappa shape index (κ3) is 6.10. The molecule has 0 spiro atoms. The van der Waals surface area contributed by atoms with Crippen LogP contribution in [0.4, 0.5) is 0 Å². The normalized spacial score (nSPS) is 10.4. The molecule has 0 saturated heterocycles. The number of carbonyl (C=O) groups is 1. The number of aryl methyl sites for hydroxylation is 1. The first-order chi connectivity index (χ1) is 12.5. The third-order valence-electron chi connectivity index (χ3n) is 3.49. The maximum absolute atomic E-state index is 11.5. The predicted molar refractivity (Wildman–Crippen MR) is 106 cm³/mol. The molecular weight excluding hydrogens is 350 g/mol. The van der Waals surface area contributed by atoms with Gasteiger partial charge in [-0.25, -0.2) is 0 Å². The van der Waals surface area contributed by atoms with Gasteiger partial charge in [-0.05, 0) is 60.1 Å². The Hall–Kier alpha value is -3.06. The van der Waals surface area contributed by atoms with Crippen molar-refractivity contribution in [3.05, 3.63) is 65.2 Å². The molecule has 0 radical (unpaired) electrons. The highest BCUT2D eigenvalue weighted by Crippen LogP contribution is 2.21. The average Bonchev–Trinajstić information content (AvgIpc) is 2.64. The summed E-state index contributed by atoms with van der Waals surface area (Å²) in [7, 11) is 1.65. The molecule has 0 heterocycles. The van der Waals surface area contributed by atoms with Gasteiger partial charge in [0.2, 0.25) is 0 Å². The largest absolute Gasteiger partial charge is 0.496 e. The number of nitrogens with two attached hydrogens (primary N) is 1. The minimum atomic E-state index is -0.355. The van der Waals surface area contributed by atoms with E-state index >= 15 is 0 Å². The average molecular weight is 371 g/mol. The Balaban J connectivity index is 1.89. The van der Waals surface area contributed by atoms with Crippen molar-refractivity contribution in [3.8, 4) is 11.5 Å². The summed E-state index contributed by atoms with van der Waals surface area (Å²) >= 11 is 4.59. The zero-order valence-corrected chi connectivity index (χ0v) is 15.4. The van der Waals surface area contributed by atoms with Crippen LogP contribution in [0.3, 0.4) is 0 Å². The number of hydrazine groups is 1. The molecule has 7 heteroatoms. The minimum Gasteiger partial charge on any atom is -0.496 e. The van der Waals surface area contributed by atoms with Crippen LogP contribution in [-0.2, 0) is 11.4 Å². The molecule has 0 aliphatic carbocycles. The van der Waals surface area contributed by atoms with Gasteiger partial charge in [-0.1, -0.05) is 24.3 Å². The fourth-order valence-corrected chi connectivity index (χ4v) is 2.18. The van der Waals surface area contributed by atoms with Crippen molar-refractivity contribution in [2.24, 2.45) is 5.73 Å². The van der Waals surface area contributed by atoms with E-state index in [9.17, 15) is 4.79 Å². The van der Waals surface area contributed by atoms with Crippen molar-refractivity contribution in [1.29, 1.82) is 0 Å². The molecule has 2 rings (SSSR count). The summed E-state index contributed by atoms with van der Waals surface area (Å²) in [6.07, 6.45) is 3.05. The molecule has 26 heavy (non-hydrogen) atoms. The van der Waals surface area contributed by atoms with E-state index in [0.29, 0.717) is 6.61 Å². The molecular formula is C19H21N3O3S. The molecule has 2 aromatic carbocycles. The molecule has 1 amide bonds. The molecule has 136 valence electrons. The Morgan fingerprint density at radius 1 is 1.19 bits per heavy atom. The highest BCUT2D eigenvalue weighted by molar-refractivity contribution is 7.80. The van der Waals surface area contributed by atoms with E-state index in [2.05, 4.69) is 23.1 Å². The van der Waals surface area contributed by atoms with E-state index in [1.54, 1.807) is 13.2 Å². The van der Waals surface area contributed by atoms with E-state index < -0.39 is 0 Å². The monoisotopic (exact) mass is 371 g/mol. The Labute approximate surface area is 158 Å². The summed E-state index contributed by atoms with van der Waals surface area (Å²) in [5.74, 6) is 1.22. The summed E-state index contributed by atoms with van der Waals surface area (Å²) in [6, 6.07) is 13.4. The topological polar surface area (TPSA) is 85.6 Å². The van der Waals surface area contributed by atoms with Crippen LogP contribution in [0.5, 0.6) is 11.5 Å². The van der Waals surface area contributed by atoms with Crippen LogP contribution in [0, 0.1) is 6.92 Å². The smallest absolute Gasteiger partial charge is 0.262 e. The van der Waals surface area contributed by atoms with Crippen molar-refractivity contribution in [2.45, 2.75) is 13.5 Å². The number of nitrogens with one attached hydrogen (secondary N) is 2. The number of thiocarbonyl (C=S) groups is 1. The van der Waals surface area contributed by atoms with Gasteiger partial charge in [0.25, 0.3) is 5.91 Å². The Morgan fingerprint density at radius 3 is 2.58 bits per heavy atom. The number of methoxy groups -OCH3 is 1. The van der Waals surface area contributed by atoms with Crippen LogP contribution < -0.4 is 26.1 Å². The molecule has 0 aliphatic rings. The molecule has 6 nitrogen and oxygen atoms in total. The van der Waals surface area contributed by atoms with Crippen molar-refractivity contribution in [2.75, 3.05) is 7.11 Å². The number of benzene rings is 2. The molecule has 4 N–H and O–H groups in total. The molecule has 0 saturated carbocycles. The van der Waals surface area contributed by atoms with Gasteiger partial charge in [0.15, 0.2) is 5.11 Å². The Morgan fingerprint density at radius 2 is 1.92 bits per heavy atom. The fraction of sp³-hybridized carbons (Fsp3) is 0.158. The van der Waals surface area contributed by atoms with Crippen LogP contribution in [0.2, 0.25) is 0 Å². The van der Waals surface area contributed by atoms with Gasteiger partial charge >= 0.3 is 0 Å². The Bertz CT molecular complexity index is 804. The zero-order chi connectivity index (χ0) is 18.9. The van der Waals surface area contributed by atoms with E-state index in [-0.39, 0.29) is 11.0 Å². The van der Waals surface area contributed by atoms with Gasteiger partial charge in [-0.3, -0.25) is 15.6 Å². The van der Waals surface area contributed by atoms with Crippen molar-refractivity contribution >= 4 is 29.3 Å².